The summed E-state index contributed by atoms with van der Waals surface area (Å²) in [5, 5.41) is 31.5. The van der Waals surface area contributed by atoms with Gasteiger partial charge in [-0.3, -0.25) is 0 Å². The highest BCUT2D eigenvalue weighted by Gasteiger charge is 2.62. The summed E-state index contributed by atoms with van der Waals surface area (Å²) in [4.78, 5) is 0. The predicted octanol–water partition coefficient (Wildman–Crippen LogP) is 3.28. The summed E-state index contributed by atoms with van der Waals surface area (Å²) in [6, 6.07) is 0. The highest BCUT2D eigenvalue weighted by molar-refractivity contribution is 5.26. The minimum absolute atomic E-state index is 0.0613. The van der Waals surface area contributed by atoms with Gasteiger partial charge in [0.25, 0.3) is 0 Å². The van der Waals surface area contributed by atoms with Crippen LogP contribution >= 0.6 is 0 Å². The standard InChI is InChI=1S/C21H34O3/c1-12(22)16-6-7-17-15-5-4-13-10-14(23)8-9-20(13,2)19(15)18(24)11-21(16,17)3/h10,12,14-19,22-24H,4-9,11H2,1-3H3/t12?,14-,15?,16+,17?,18?,19?,20-,21+/m0/s1. The van der Waals surface area contributed by atoms with Crippen molar-refractivity contribution in [2.75, 3.05) is 0 Å². The first kappa shape index (κ1) is 17.1. The third-order valence-electron chi connectivity index (χ3n) is 8.68. The molecule has 4 rings (SSSR count). The number of allylic oxidation sites excluding steroid dienone is 1. The number of hydrogen-bond donors (Lipinski definition) is 3. The number of aliphatic hydroxyl groups is 3. The van der Waals surface area contributed by atoms with Gasteiger partial charge in [0.1, 0.15) is 0 Å². The van der Waals surface area contributed by atoms with Crippen LogP contribution < -0.4 is 0 Å². The third-order valence-corrected chi connectivity index (χ3v) is 8.68. The SMILES string of the molecule is CC(O)[C@H]1CCC2C3CCC4=C[C@@H](O)CC[C@]4(C)C3C(O)C[C@@]21C. The summed E-state index contributed by atoms with van der Waals surface area (Å²) in [6.45, 7) is 6.61. The monoisotopic (exact) mass is 334 g/mol. The van der Waals surface area contributed by atoms with E-state index in [-0.39, 0.29) is 29.1 Å². The van der Waals surface area contributed by atoms with Crippen molar-refractivity contribution in [1.29, 1.82) is 0 Å². The molecular formula is C21H34O3. The zero-order valence-electron chi connectivity index (χ0n) is 15.4. The molecule has 0 aromatic rings. The molecule has 3 saturated carbocycles. The molecule has 136 valence electrons. The molecule has 5 unspecified atom stereocenters. The Morgan fingerprint density at radius 3 is 2.58 bits per heavy atom. The molecule has 0 heterocycles. The van der Waals surface area contributed by atoms with E-state index in [4.69, 9.17) is 0 Å². The Morgan fingerprint density at radius 1 is 1.12 bits per heavy atom. The van der Waals surface area contributed by atoms with E-state index < -0.39 is 0 Å². The van der Waals surface area contributed by atoms with Crippen molar-refractivity contribution in [2.24, 2.45) is 34.5 Å². The molecule has 4 aliphatic rings. The Balaban J connectivity index is 1.70. The van der Waals surface area contributed by atoms with Crippen LogP contribution in [0.5, 0.6) is 0 Å². The molecule has 3 fully saturated rings. The molecule has 0 saturated heterocycles. The first-order chi connectivity index (χ1) is 11.3. The molecule has 9 atom stereocenters. The van der Waals surface area contributed by atoms with Crippen LogP contribution in [0.2, 0.25) is 0 Å². The molecule has 0 radical (unpaired) electrons. The van der Waals surface area contributed by atoms with E-state index in [1.54, 1.807) is 0 Å². The first-order valence-corrected chi connectivity index (χ1v) is 10.0. The Bertz CT molecular complexity index is 541. The lowest BCUT2D eigenvalue weighted by molar-refractivity contribution is -0.138. The van der Waals surface area contributed by atoms with Crippen molar-refractivity contribution in [3.63, 3.8) is 0 Å². The van der Waals surface area contributed by atoms with Crippen LogP contribution in [0.1, 0.15) is 65.7 Å². The number of aliphatic hydroxyl groups excluding tert-OH is 3. The van der Waals surface area contributed by atoms with Gasteiger partial charge < -0.3 is 15.3 Å². The van der Waals surface area contributed by atoms with Gasteiger partial charge in [-0.05, 0) is 86.4 Å². The summed E-state index contributed by atoms with van der Waals surface area (Å²) < 4.78 is 0. The molecule has 24 heavy (non-hydrogen) atoms. The lowest BCUT2D eigenvalue weighted by Crippen LogP contribution is -2.57. The Hall–Kier alpha value is -0.380. The second-order valence-electron chi connectivity index (χ2n) is 9.75. The van der Waals surface area contributed by atoms with Gasteiger partial charge in [0.2, 0.25) is 0 Å². The summed E-state index contributed by atoms with van der Waals surface area (Å²) in [5.74, 6) is 1.86. The summed E-state index contributed by atoms with van der Waals surface area (Å²) >= 11 is 0. The fourth-order valence-electron chi connectivity index (χ4n) is 7.67. The van der Waals surface area contributed by atoms with Gasteiger partial charge in [-0.2, -0.15) is 0 Å². The maximum Gasteiger partial charge on any atom is 0.0724 e. The minimum Gasteiger partial charge on any atom is -0.393 e. The Labute approximate surface area is 146 Å². The average Bonchev–Trinajstić information content (AvgIpc) is 2.84. The second kappa shape index (κ2) is 5.56. The van der Waals surface area contributed by atoms with Crippen LogP contribution in [0.15, 0.2) is 11.6 Å². The Kier molecular flexibility index (Phi) is 3.95. The average molecular weight is 335 g/mol. The quantitative estimate of drug-likeness (QED) is 0.645. The van der Waals surface area contributed by atoms with Crippen LogP contribution in [0.4, 0.5) is 0 Å². The molecule has 4 aliphatic carbocycles. The van der Waals surface area contributed by atoms with Gasteiger partial charge in [-0.1, -0.05) is 25.5 Å². The van der Waals surface area contributed by atoms with E-state index in [0.29, 0.717) is 23.7 Å². The van der Waals surface area contributed by atoms with Crippen LogP contribution in [-0.2, 0) is 0 Å². The number of fused-ring (bicyclic) bond motifs is 5. The number of hydrogen-bond acceptors (Lipinski definition) is 3. The molecule has 0 aliphatic heterocycles. The summed E-state index contributed by atoms with van der Waals surface area (Å²) in [5.41, 5.74) is 1.54. The van der Waals surface area contributed by atoms with Gasteiger partial charge in [0.05, 0.1) is 18.3 Å². The van der Waals surface area contributed by atoms with E-state index in [9.17, 15) is 15.3 Å². The zero-order valence-corrected chi connectivity index (χ0v) is 15.4. The van der Waals surface area contributed by atoms with E-state index >= 15 is 0 Å². The molecular weight excluding hydrogens is 300 g/mol. The lowest BCUT2D eigenvalue weighted by atomic mass is 9.45. The van der Waals surface area contributed by atoms with Crippen molar-refractivity contribution in [1.82, 2.24) is 0 Å². The third kappa shape index (κ3) is 2.20. The van der Waals surface area contributed by atoms with Gasteiger partial charge >= 0.3 is 0 Å². The van der Waals surface area contributed by atoms with Crippen LogP contribution in [0.25, 0.3) is 0 Å². The molecule has 3 heteroatoms. The minimum atomic E-state index is -0.290. The molecule has 0 aromatic heterocycles. The second-order valence-corrected chi connectivity index (χ2v) is 9.75. The van der Waals surface area contributed by atoms with Crippen molar-refractivity contribution in [3.05, 3.63) is 11.6 Å². The fraction of sp³-hybridized carbons (Fsp3) is 0.905. The highest BCUT2D eigenvalue weighted by atomic mass is 16.3. The molecule has 0 spiro atoms. The van der Waals surface area contributed by atoms with Crippen molar-refractivity contribution in [3.8, 4) is 0 Å². The molecule has 0 bridgehead atoms. The van der Waals surface area contributed by atoms with Crippen LogP contribution in [0.3, 0.4) is 0 Å². The first-order valence-electron chi connectivity index (χ1n) is 10.0. The molecule has 3 N–H and O–H groups in total. The van der Waals surface area contributed by atoms with Gasteiger partial charge in [0.15, 0.2) is 0 Å². The van der Waals surface area contributed by atoms with E-state index in [2.05, 4.69) is 19.9 Å². The van der Waals surface area contributed by atoms with Gasteiger partial charge in [-0.25, -0.2) is 0 Å². The highest BCUT2D eigenvalue weighted by Crippen LogP contribution is 2.67. The summed E-state index contributed by atoms with van der Waals surface area (Å²) in [7, 11) is 0. The van der Waals surface area contributed by atoms with Gasteiger partial charge in [-0.15, -0.1) is 0 Å². The zero-order chi connectivity index (χ0) is 17.3. The van der Waals surface area contributed by atoms with Crippen molar-refractivity contribution in [2.45, 2.75) is 84.0 Å². The van der Waals surface area contributed by atoms with Crippen molar-refractivity contribution < 1.29 is 15.3 Å². The molecule has 3 nitrogen and oxygen atoms in total. The smallest absolute Gasteiger partial charge is 0.0724 e. The topological polar surface area (TPSA) is 60.7 Å². The van der Waals surface area contributed by atoms with Crippen LogP contribution in [0, 0.1) is 34.5 Å². The lowest BCUT2D eigenvalue weighted by Gasteiger charge is -2.60. The molecule has 0 amide bonds. The van der Waals surface area contributed by atoms with E-state index in [0.717, 1.165) is 38.5 Å². The predicted molar refractivity (Wildman–Crippen MR) is 94.3 cm³/mol. The fourth-order valence-corrected chi connectivity index (χ4v) is 7.67. The van der Waals surface area contributed by atoms with Crippen LogP contribution in [-0.4, -0.2) is 33.6 Å². The summed E-state index contributed by atoms with van der Waals surface area (Å²) in [6.07, 6.45) is 8.44. The van der Waals surface area contributed by atoms with E-state index in [1.807, 2.05) is 6.92 Å². The normalized spacial score (nSPS) is 55.2. The Morgan fingerprint density at radius 2 is 1.88 bits per heavy atom. The van der Waals surface area contributed by atoms with Gasteiger partial charge in [0, 0.05) is 0 Å². The maximum absolute atomic E-state index is 11.2. The number of rotatable bonds is 1. The molecule has 0 aromatic carbocycles. The largest absolute Gasteiger partial charge is 0.393 e. The van der Waals surface area contributed by atoms with Crippen molar-refractivity contribution >= 4 is 0 Å². The maximum atomic E-state index is 11.2. The van der Waals surface area contributed by atoms with E-state index in [1.165, 1.54) is 12.0 Å².